The minimum absolute atomic E-state index is 0.277. The summed E-state index contributed by atoms with van der Waals surface area (Å²) in [6.45, 7) is 4.61. The summed E-state index contributed by atoms with van der Waals surface area (Å²) < 4.78 is 20.5. The fourth-order valence-electron chi connectivity index (χ4n) is 2.84. The zero-order chi connectivity index (χ0) is 18.7. The number of benzene rings is 2. The lowest BCUT2D eigenvalue weighted by molar-refractivity contribution is 0.0995. The van der Waals surface area contributed by atoms with Crippen molar-refractivity contribution in [2.45, 2.75) is 20.4 Å². The minimum Gasteiger partial charge on any atom is -0.496 e. The summed E-state index contributed by atoms with van der Waals surface area (Å²) in [6.07, 6.45) is 0. The second kappa shape index (κ2) is 7.66. The van der Waals surface area contributed by atoms with Crippen LogP contribution in [0.3, 0.4) is 0 Å². The van der Waals surface area contributed by atoms with Crippen LogP contribution in [0.1, 0.15) is 22.2 Å². The molecule has 0 aliphatic rings. The predicted octanol–water partition coefficient (Wildman–Crippen LogP) is 4.43. The third-order valence-electron chi connectivity index (χ3n) is 4.05. The van der Waals surface area contributed by atoms with Gasteiger partial charge >= 0.3 is 0 Å². The number of hydrogen-bond acceptors (Lipinski definition) is 3. The Kier molecular flexibility index (Phi) is 5.32. The van der Waals surface area contributed by atoms with Crippen LogP contribution < -0.4 is 9.54 Å². The molecule has 3 aromatic rings. The number of aryl methyl sites for hydroxylation is 1. The number of rotatable bonds is 4. The molecule has 0 aliphatic heterocycles. The highest BCUT2D eigenvalue weighted by Gasteiger charge is 2.15. The molecule has 2 aromatic carbocycles. The van der Waals surface area contributed by atoms with Gasteiger partial charge in [0.2, 0.25) is 0 Å². The summed E-state index contributed by atoms with van der Waals surface area (Å²) in [7, 11) is 1.53. The number of carbonyl (C=O) groups is 1. The Bertz CT molecular complexity index is 1000. The van der Waals surface area contributed by atoms with Crippen LogP contribution in [0.2, 0.25) is 0 Å². The highest BCUT2D eigenvalue weighted by molar-refractivity contribution is 7.09. The van der Waals surface area contributed by atoms with E-state index >= 15 is 0 Å². The Labute approximate surface area is 155 Å². The van der Waals surface area contributed by atoms with Crippen LogP contribution >= 0.6 is 11.3 Å². The van der Waals surface area contributed by atoms with Crippen molar-refractivity contribution in [2.75, 3.05) is 7.11 Å². The molecule has 0 radical (unpaired) electrons. The monoisotopic (exact) mass is 370 g/mol. The van der Waals surface area contributed by atoms with Crippen molar-refractivity contribution >= 4 is 17.2 Å². The van der Waals surface area contributed by atoms with E-state index in [0.717, 1.165) is 16.1 Å². The first kappa shape index (κ1) is 18.1. The van der Waals surface area contributed by atoms with Crippen molar-refractivity contribution in [1.82, 2.24) is 4.57 Å². The van der Waals surface area contributed by atoms with E-state index < -0.39 is 0 Å². The van der Waals surface area contributed by atoms with Crippen LogP contribution in [0.15, 0.2) is 53.5 Å². The quantitative estimate of drug-likeness (QED) is 0.682. The van der Waals surface area contributed by atoms with Crippen molar-refractivity contribution in [3.63, 3.8) is 0 Å². The summed E-state index contributed by atoms with van der Waals surface area (Å²) >= 11 is 1.44. The van der Waals surface area contributed by atoms with E-state index in [1.165, 1.54) is 30.6 Å². The molecule has 1 heterocycles. The first-order valence-electron chi connectivity index (χ1n) is 8.23. The van der Waals surface area contributed by atoms with Crippen LogP contribution in [0.4, 0.5) is 4.39 Å². The Morgan fingerprint density at radius 2 is 1.88 bits per heavy atom. The lowest BCUT2D eigenvalue weighted by atomic mass is 10.1. The fraction of sp³-hybridized carbons (Fsp3) is 0.200. The lowest BCUT2D eigenvalue weighted by Crippen LogP contribution is -2.17. The first-order valence-corrected chi connectivity index (χ1v) is 9.05. The lowest BCUT2D eigenvalue weighted by Gasteiger charge is -2.08. The maximum absolute atomic E-state index is 13.2. The molecule has 3 rings (SSSR count). The molecule has 0 spiro atoms. The van der Waals surface area contributed by atoms with Gasteiger partial charge in [0.15, 0.2) is 4.80 Å². The van der Waals surface area contributed by atoms with E-state index in [1.807, 2.05) is 24.5 Å². The van der Waals surface area contributed by atoms with E-state index in [2.05, 4.69) is 4.99 Å². The number of carbonyl (C=O) groups excluding carboxylic acids is 1. The summed E-state index contributed by atoms with van der Waals surface area (Å²) in [5, 5.41) is 0. The molecule has 0 unspecified atom stereocenters. The Balaban J connectivity index is 2.11. The van der Waals surface area contributed by atoms with Gasteiger partial charge in [0.05, 0.1) is 18.4 Å². The summed E-state index contributed by atoms with van der Waals surface area (Å²) in [5.41, 5.74) is 2.27. The number of ether oxygens (including phenoxy) is 1. The van der Waals surface area contributed by atoms with Gasteiger partial charge in [0, 0.05) is 11.4 Å². The molecular formula is C20H19FN2O2S. The number of thiazole rings is 1. The molecule has 0 N–H and O–H groups in total. The molecule has 0 saturated heterocycles. The number of methoxy groups -OCH3 is 1. The summed E-state index contributed by atoms with van der Waals surface area (Å²) in [5.74, 6) is -0.131. The second-order valence-corrected chi connectivity index (χ2v) is 6.84. The molecule has 6 heteroatoms. The Morgan fingerprint density at radius 1 is 1.19 bits per heavy atom. The molecular weight excluding hydrogens is 351 g/mol. The van der Waals surface area contributed by atoms with E-state index in [4.69, 9.17) is 4.74 Å². The van der Waals surface area contributed by atoms with Gasteiger partial charge in [-0.3, -0.25) is 4.79 Å². The van der Waals surface area contributed by atoms with Gasteiger partial charge in [-0.2, -0.15) is 4.99 Å². The van der Waals surface area contributed by atoms with Gasteiger partial charge < -0.3 is 9.30 Å². The van der Waals surface area contributed by atoms with Crippen molar-refractivity contribution in [2.24, 2.45) is 4.99 Å². The Hall–Kier alpha value is -2.73. The summed E-state index contributed by atoms with van der Waals surface area (Å²) in [4.78, 5) is 18.6. The van der Waals surface area contributed by atoms with Crippen molar-refractivity contribution in [3.05, 3.63) is 69.6 Å². The van der Waals surface area contributed by atoms with Crippen LogP contribution in [0.25, 0.3) is 11.3 Å². The molecule has 0 saturated carbocycles. The molecule has 0 aliphatic carbocycles. The summed E-state index contributed by atoms with van der Waals surface area (Å²) in [6, 6.07) is 13.4. The normalized spacial score (nSPS) is 11.6. The molecule has 0 bridgehead atoms. The zero-order valence-corrected chi connectivity index (χ0v) is 15.6. The average molecular weight is 370 g/mol. The molecule has 0 atom stereocenters. The highest BCUT2D eigenvalue weighted by atomic mass is 32.1. The maximum atomic E-state index is 13.2. The van der Waals surface area contributed by atoms with Crippen molar-refractivity contribution in [3.8, 4) is 17.0 Å². The van der Waals surface area contributed by atoms with Gasteiger partial charge in [-0.05, 0) is 55.8 Å². The zero-order valence-electron chi connectivity index (χ0n) is 14.8. The maximum Gasteiger partial charge on any atom is 0.283 e. The van der Waals surface area contributed by atoms with Crippen LogP contribution in [0.5, 0.6) is 5.75 Å². The fourth-order valence-corrected chi connectivity index (χ4v) is 3.90. The number of para-hydroxylation sites is 1. The third-order valence-corrected chi connectivity index (χ3v) is 5.04. The minimum atomic E-state index is -0.350. The van der Waals surface area contributed by atoms with Crippen LogP contribution in [-0.2, 0) is 6.54 Å². The SMILES string of the molecule is CCn1c(-c2ccc(F)cc2)c(C)sc1=NC(=O)c1ccccc1OC. The number of aromatic nitrogens is 1. The van der Waals surface area contributed by atoms with Gasteiger partial charge in [-0.25, -0.2) is 4.39 Å². The molecule has 4 nitrogen and oxygen atoms in total. The first-order chi connectivity index (χ1) is 12.5. The average Bonchev–Trinajstić information content (AvgIpc) is 2.97. The topological polar surface area (TPSA) is 43.6 Å². The van der Waals surface area contributed by atoms with E-state index in [9.17, 15) is 9.18 Å². The molecule has 0 fully saturated rings. The van der Waals surface area contributed by atoms with Gasteiger partial charge in [-0.1, -0.05) is 12.1 Å². The van der Waals surface area contributed by atoms with E-state index in [-0.39, 0.29) is 11.7 Å². The predicted molar refractivity (Wildman–Crippen MR) is 101 cm³/mol. The largest absolute Gasteiger partial charge is 0.496 e. The highest BCUT2D eigenvalue weighted by Crippen LogP contribution is 2.26. The number of halogens is 1. The van der Waals surface area contributed by atoms with Crippen molar-refractivity contribution < 1.29 is 13.9 Å². The van der Waals surface area contributed by atoms with E-state index in [0.29, 0.717) is 22.7 Å². The molecule has 26 heavy (non-hydrogen) atoms. The van der Waals surface area contributed by atoms with Gasteiger partial charge in [0.25, 0.3) is 5.91 Å². The van der Waals surface area contributed by atoms with Crippen LogP contribution in [-0.4, -0.2) is 17.6 Å². The number of hydrogen-bond donors (Lipinski definition) is 0. The number of amides is 1. The smallest absolute Gasteiger partial charge is 0.283 e. The Morgan fingerprint density at radius 3 is 2.54 bits per heavy atom. The van der Waals surface area contributed by atoms with E-state index in [1.54, 1.807) is 30.3 Å². The molecule has 1 amide bonds. The number of nitrogens with zero attached hydrogens (tertiary/aromatic N) is 2. The third kappa shape index (κ3) is 3.46. The standard InChI is InChI=1S/C20H19FN2O2S/c1-4-23-18(14-9-11-15(21)12-10-14)13(2)26-20(23)22-19(24)16-7-5-6-8-17(16)25-3/h5-12H,4H2,1-3H3. The molecule has 134 valence electrons. The van der Waals surface area contributed by atoms with Gasteiger partial charge in [0.1, 0.15) is 11.6 Å². The van der Waals surface area contributed by atoms with Crippen LogP contribution in [0, 0.1) is 12.7 Å². The van der Waals surface area contributed by atoms with Crippen molar-refractivity contribution in [1.29, 1.82) is 0 Å². The molecule has 1 aromatic heterocycles. The van der Waals surface area contributed by atoms with Gasteiger partial charge in [-0.15, -0.1) is 11.3 Å². The second-order valence-electron chi connectivity index (χ2n) is 5.66.